The van der Waals surface area contributed by atoms with Gasteiger partial charge in [0.15, 0.2) is 24.4 Å². The first-order valence-electron chi connectivity index (χ1n) is 24.0. The number of carbonyl (C=O) groups excluding carboxylic acids is 4. The summed E-state index contributed by atoms with van der Waals surface area (Å²) in [6, 6.07) is 26.8. The van der Waals surface area contributed by atoms with Gasteiger partial charge in [-0.3, -0.25) is 9.36 Å². The van der Waals surface area contributed by atoms with Crippen LogP contribution in [-0.2, 0) is 38.0 Å². The highest BCUT2D eigenvalue weighted by molar-refractivity contribution is 5.91. The first-order valence-corrected chi connectivity index (χ1v) is 24.0. The zero-order chi connectivity index (χ0) is 49.8. The number of ether oxygens (including phenoxy) is 7. The number of nitrogens with zero attached hydrogens (tertiary/aromatic N) is 4. The molecule has 1 aromatic heterocycles. The van der Waals surface area contributed by atoms with E-state index in [1.54, 1.807) is 121 Å². The topological polar surface area (TPSA) is 216 Å². The number of aromatic nitrogens is 2. The summed E-state index contributed by atoms with van der Waals surface area (Å²) >= 11 is 0. The maximum atomic E-state index is 13.5. The zero-order valence-electron chi connectivity index (χ0n) is 40.2. The van der Waals surface area contributed by atoms with Crippen LogP contribution >= 0.6 is 0 Å². The highest BCUT2D eigenvalue weighted by atomic mass is 16.7. The van der Waals surface area contributed by atoms with Crippen LogP contribution in [0, 0.1) is 5.92 Å². The number of hydrogen-bond donors (Lipinski definition) is 2. The number of aliphatic imine (C=N–C) groups is 1. The number of aliphatic hydroxyl groups is 1. The van der Waals surface area contributed by atoms with Gasteiger partial charge in [-0.2, -0.15) is 4.98 Å². The van der Waals surface area contributed by atoms with Gasteiger partial charge in [0.2, 0.25) is 5.91 Å². The van der Waals surface area contributed by atoms with Crippen molar-refractivity contribution in [1.82, 2.24) is 19.8 Å². The Morgan fingerprint density at radius 3 is 1.94 bits per heavy atom. The van der Waals surface area contributed by atoms with Gasteiger partial charge in [-0.25, -0.2) is 24.2 Å². The summed E-state index contributed by atoms with van der Waals surface area (Å²) in [7, 11) is 3.63. The van der Waals surface area contributed by atoms with Gasteiger partial charge < -0.3 is 48.5 Å². The molecule has 0 saturated carbocycles. The molecule has 2 N–H and O–H groups in total. The quantitative estimate of drug-likeness (QED) is 0.0254. The van der Waals surface area contributed by atoms with Crippen LogP contribution < -0.4 is 11.0 Å². The van der Waals surface area contributed by atoms with Crippen molar-refractivity contribution >= 4 is 36.0 Å². The second-order valence-corrected chi connectivity index (χ2v) is 17.4. The third kappa shape index (κ3) is 15.3. The summed E-state index contributed by atoms with van der Waals surface area (Å²) in [4.78, 5) is 75.6. The van der Waals surface area contributed by atoms with E-state index < -0.39 is 78.7 Å². The van der Waals surface area contributed by atoms with Crippen molar-refractivity contribution in [2.24, 2.45) is 10.9 Å². The molecular weight excluding hydrogens is 903 g/mol. The lowest BCUT2D eigenvalue weighted by Gasteiger charge is -2.44. The van der Waals surface area contributed by atoms with Crippen molar-refractivity contribution in [3.63, 3.8) is 0 Å². The van der Waals surface area contributed by atoms with Crippen molar-refractivity contribution in [2.45, 2.75) is 114 Å². The number of rotatable bonds is 25. The average Bonchev–Trinajstić information content (AvgIpc) is 3.69. The van der Waals surface area contributed by atoms with E-state index in [9.17, 15) is 29.1 Å². The van der Waals surface area contributed by atoms with Crippen LogP contribution in [0.1, 0.15) is 103 Å². The second-order valence-electron chi connectivity index (χ2n) is 17.4. The fourth-order valence-corrected chi connectivity index (χ4v) is 8.04. The summed E-state index contributed by atoms with van der Waals surface area (Å²) in [5.74, 6) is -2.41. The van der Waals surface area contributed by atoms with E-state index in [2.05, 4.69) is 15.3 Å². The highest BCUT2D eigenvalue weighted by Crippen LogP contribution is 2.34. The molecule has 18 heteroatoms. The molecule has 376 valence electrons. The Morgan fingerprint density at radius 1 is 0.743 bits per heavy atom. The van der Waals surface area contributed by atoms with Gasteiger partial charge in [-0.05, 0) is 74.6 Å². The Labute approximate surface area is 408 Å². The van der Waals surface area contributed by atoms with Gasteiger partial charge in [-0.1, -0.05) is 81.3 Å². The van der Waals surface area contributed by atoms with Crippen LogP contribution in [-0.4, -0.2) is 133 Å². The van der Waals surface area contributed by atoms with Crippen LogP contribution in [0.5, 0.6) is 0 Å². The van der Waals surface area contributed by atoms with E-state index in [0.717, 1.165) is 19.3 Å². The Kier molecular flexibility index (Phi) is 20.6. The first-order chi connectivity index (χ1) is 33.9. The van der Waals surface area contributed by atoms with Crippen LogP contribution in [0.15, 0.2) is 113 Å². The molecule has 0 spiro atoms. The number of amides is 1. The number of unbranched alkanes of at least 4 members (excludes halogenated alkanes) is 4. The number of aliphatic hydroxyl groups excluding tert-OH is 1. The van der Waals surface area contributed by atoms with Crippen LogP contribution in [0.3, 0.4) is 0 Å². The van der Waals surface area contributed by atoms with Crippen molar-refractivity contribution in [3.05, 3.63) is 130 Å². The van der Waals surface area contributed by atoms with Gasteiger partial charge in [0, 0.05) is 52.4 Å². The van der Waals surface area contributed by atoms with E-state index in [-0.39, 0.29) is 36.9 Å². The summed E-state index contributed by atoms with van der Waals surface area (Å²) < 4.78 is 43.8. The predicted molar refractivity (Wildman–Crippen MR) is 257 cm³/mol. The summed E-state index contributed by atoms with van der Waals surface area (Å²) in [5, 5.41) is 13.9. The smallest absolute Gasteiger partial charge is 0.351 e. The van der Waals surface area contributed by atoms with E-state index in [1.807, 2.05) is 21.0 Å². The van der Waals surface area contributed by atoms with Crippen LogP contribution in [0.4, 0.5) is 5.82 Å². The maximum Gasteiger partial charge on any atom is 0.351 e. The van der Waals surface area contributed by atoms with Crippen molar-refractivity contribution in [3.8, 4) is 0 Å². The molecule has 6 rings (SSSR count). The lowest BCUT2D eigenvalue weighted by Crippen LogP contribution is -2.58. The molecule has 9 atom stereocenters. The molecule has 2 aliphatic rings. The van der Waals surface area contributed by atoms with Gasteiger partial charge >= 0.3 is 23.6 Å². The molecule has 4 aromatic rings. The summed E-state index contributed by atoms with van der Waals surface area (Å²) in [5.41, 5.74) is 0.330. The fraction of sp³-hybridized carbons (Fsp3) is 0.481. The number of nitrogens with one attached hydrogen (secondary N) is 1. The molecule has 18 nitrogen and oxygen atoms in total. The number of esters is 3. The fourth-order valence-electron chi connectivity index (χ4n) is 8.04. The van der Waals surface area contributed by atoms with Crippen LogP contribution in [0.2, 0.25) is 0 Å². The minimum Gasteiger partial charge on any atom is -0.459 e. The van der Waals surface area contributed by atoms with E-state index >= 15 is 0 Å². The second kappa shape index (κ2) is 27.2. The summed E-state index contributed by atoms with van der Waals surface area (Å²) in [6.07, 6.45) is 0.852. The molecule has 2 aliphatic heterocycles. The third-order valence-corrected chi connectivity index (χ3v) is 11.8. The molecule has 1 amide bonds. The predicted octanol–water partition coefficient (Wildman–Crippen LogP) is 6.05. The third-order valence-electron chi connectivity index (χ3n) is 11.8. The maximum absolute atomic E-state index is 13.5. The van der Waals surface area contributed by atoms with E-state index in [4.69, 9.17) is 33.2 Å². The molecule has 0 bridgehead atoms. The minimum absolute atomic E-state index is 0.0871. The largest absolute Gasteiger partial charge is 0.459 e. The van der Waals surface area contributed by atoms with Crippen molar-refractivity contribution < 1.29 is 57.4 Å². The van der Waals surface area contributed by atoms with E-state index in [1.165, 1.54) is 4.57 Å². The van der Waals surface area contributed by atoms with E-state index in [0.29, 0.717) is 50.0 Å². The summed E-state index contributed by atoms with van der Waals surface area (Å²) in [6.45, 7) is 4.39. The van der Waals surface area contributed by atoms with Gasteiger partial charge in [0.1, 0.15) is 31.0 Å². The van der Waals surface area contributed by atoms with Gasteiger partial charge in [0.05, 0.1) is 29.1 Å². The molecule has 3 aromatic carbocycles. The number of hydrogen-bond acceptors (Lipinski definition) is 15. The monoisotopic (exact) mass is 967 g/mol. The van der Waals surface area contributed by atoms with Crippen molar-refractivity contribution in [2.75, 3.05) is 40.5 Å². The lowest BCUT2D eigenvalue weighted by atomic mass is 9.91. The van der Waals surface area contributed by atoms with Gasteiger partial charge in [0.25, 0.3) is 0 Å². The normalized spacial score (nSPS) is 23.1. The molecule has 1 unspecified atom stereocenters. The molecule has 3 heterocycles. The Morgan fingerprint density at radius 2 is 1.33 bits per heavy atom. The average molecular weight is 968 g/mol. The number of benzene rings is 3. The zero-order valence-corrected chi connectivity index (χ0v) is 40.2. The van der Waals surface area contributed by atoms with Crippen LogP contribution in [0.25, 0.3) is 0 Å². The molecular formula is C52H65N5O13. The Hall–Kier alpha value is -6.31. The first kappa shape index (κ1) is 53.0. The Balaban J connectivity index is 0.946. The SMILES string of the molecule is CC[C@H]1O[C@@H](n2ccc(N=CN(C)C)nc2=O)C(OCCCCCCNC(=O)CCCCO[C@@H]2O[C@H](COC(=O)c3ccccc3)[C@H](OC(=O)c3ccccc3)[C@H](OC(=O)c3ccccc3)[C@H]2C)[C@H]1O. The molecule has 2 saturated heterocycles. The molecule has 0 aliphatic carbocycles. The Bertz CT molecular complexity index is 2350. The minimum atomic E-state index is -1.19. The lowest BCUT2D eigenvalue weighted by molar-refractivity contribution is -0.281. The molecule has 70 heavy (non-hydrogen) atoms. The van der Waals surface area contributed by atoms with Gasteiger partial charge in [-0.15, -0.1) is 0 Å². The molecule has 0 radical (unpaired) electrons. The number of carbonyl (C=O) groups is 4. The highest BCUT2D eigenvalue weighted by Gasteiger charge is 2.50. The standard InChI is InChI=1S/C52H65N5O13/c1-5-39-43(59)46(47(67-39)57-30-28-41(55-52(57)63)54-34-56(3)4)64-31-19-7-6-18-29-53-42(58)27-17-20-32-65-51-35(2)44(69-49(61)37-23-13-9-14-24-37)45(70-50(62)38-25-15-10-16-26-38)40(68-51)33-66-48(60)36-21-11-8-12-22-36/h8-16,21-26,28,30,34-35,39-40,43-47,51,59H,5-7,17-20,27,29,31-33H2,1-4H3,(H,53,58)/t35-,39-,40-,43+,44-,45+,46?,47-,51-/m1/s1. The molecule has 2 fully saturated rings. The van der Waals surface area contributed by atoms with Crippen molar-refractivity contribution in [1.29, 1.82) is 0 Å².